The van der Waals surface area contributed by atoms with E-state index in [1.807, 2.05) is 0 Å². The molecule has 3 heteroatoms. The minimum Gasteiger partial charge on any atom is -1.00 e. The van der Waals surface area contributed by atoms with Crippen LogP contribution in [0.15, 0.2) is 0 Å². The van der Waals surface area contributed by atoms with E-state index in [0.29, 0.717) is 0 Å². The summed E-state index contributed by atoms with van der Waals surface area (Å²) in [6.07, 6.45) is 0. The molecule has 0 amide bonds. The van der Waals surface area contributed by atoms with Gasteiger partial charge in [-0.1, -0.05) is 7.43 Å². The molecule has 0 nitrogen and oxygen atoms in total. The van der Waals surface area contributed by atoms with E-state index < -0.39 is 0 Å². The van der Waals surface area contributed by atoms with Gasteiger partial charge >= 0.3 is 29.4 Å². The first-order valence-corrected chi connectivity index (χ1v) is 2.96. The molecule has 0 saturated heterocycles. The smallest absolute Gasteiger partial charge is 1.00 e. The van der Waals surface area contributed by atoms with E-state index in [-0.39, 0.29) is 32.2 Å². The molecule has 0 aromatic rings. The molecule has 0 aliphatic rings. The third-order valence-electron chi connectivity index (χ3n) is 0. The first-order chi connectivity index (χ1) is 1.00. The maximum Gasteiger partial charge on any atom is -1.00 e. The molecule has 0 saturated carbocycles. The van der Waals surface area contributed by atoms with E-state index in [1.165, 1.54) is 0 Å². The summed E-state index contributed by atoms with van der Waals surface area (Å²) < 4.78 is 2.09. The second-order valence-corrected chi connectivity index (χ2v) is 0. The summed E-state index contributed by atoms with van der Waals surface area (Å²) in [5.41, 5.74) is 0. The number of hydrogen-bond donors (Lipinski definition) is 0. The average Bonchev–Trinajstić information content (AvgIpc) is 1.00. The normalized spacial score (nSPS) is 1.40. The van der Waals surface area contributed by atoms with Crippen LogP contribution >= 0.6 is 0 Å². The van der Waals surface area contributed by atoms with Gasteiger partial charge in [0.15, 0.2) is 0 Å². The molecule has 5 heavy (non-hydrogen) atoms. The molecule has 0 heterocycles. The van der Waals surface area contributed by atoms with Gasteiger partial charge in [-0.15, -0.1) is 0 Å². The van der Waals surface area contributed by atoms with Crippen LogP contribution in [0.1, 0.15) is 7.43 Å². The van der Waals surface area contributed by atoms with E-state index >= 15 is 0 Å². The SMILES string of the molecule is C.[CH3][Zr+2].[Cl-].[Cl-]. The molecule has 0 aliphatic carbocycles. The fraction of sp³-hybridized carbons (Fsp3) is 1.00. The van der Waals surface area contributed by atoms with Crippen LogP contribution in [0.3, 0.4) is 0 Å². The van der Waals surface area contributed by atoms with Crippen LogP contribution in [-0.4, -0.2) is 0 Å². The second kappa shape index (κ2) is 50.8. The van der Waals surface area contributed by atoms with Gasteiger partial charge in [-0.25, -0.2) is 0 Å². The Bertz CT molecular complexity index is 7.61. The molecule has 0 atom stereocenters. The van der Waals surface area contributed by atoms with Crippen LogP contribution in [-0.2, 0) is 24.7 Å². The largest absolute Gasteiger partial charge is 1.00 e. The van der Waals surface area contributed by atoms with Crippen LogP contribution in [0.4, 0.5) is 0 Å². The van der Waals surface area contributed by atoms with E-state index in [9.17, 15) is 0 Å². The van der Waals surface area contributed by atoms with Crippen molar-refractivity contribution in [2.45, 2.75) is 12.1 Å². The molecule has 0 radical (unpaired) electrons. The van der Waals surface area contributed by atoms with Gasteiger partial charge in [-0.3, -0.25) is 0 Å². The van der Waals surface area contributed by atoms with Crippen LogP contribution in [0.25, 0.3) is 0 Å². The first-order valence-electron chi connectivity index (χ1n) is 0.500. The number of halogens is 2. The van der Waals surface area contributed by atoms with Crippen molar-refractivity contribution in [3.8, 4) is 0 Å². The summed E-state index contributed by atoms with van der Waals surface area (Å²) in [7, 11) is 0. The summed E-state index contributed by atoms with van der Waals surface area (Å²) in [4.78, 5) is 0. The summed E-state index contributed by atoms with van der Waals surface area (Å²) in [5.74, 6) is 0. The predicted octanol–water partition coefficient (Wildman–Crippen LogP) is -4.77. The molecule has 0 fully saturated rings. The Morgan fingerprint density at radius 3 is 1.00 bits per heavy atom. The van der Waals surface area contributed by atoms with E-state index in [1.54, 1.807) is 24.7 Å². The van der Waals surface area contributed by atoms with Crippen molar-refractivity contribution in [1.29, 1.82) is 0 Å². The van der Waals surface area contributed by atoms with Crippen molar-refractivity contribution < 1.29 is 49.5 Å². The zero-order valence-corrected chi connectivity index (χ0v) is 6.23. The Balaban J connectivity index is -0.00000000167. The zero-order valence-electron chi connectivity index (χ0n) is 2.26. The summed E-state index contributed by atoms with van der Waals surface area (Å²) in [6.45, 7) is 0. The fourth-order valence-electron chi connectivity index (χ4n) is 0. The molecule has 0 unspecified atom stereocenters. The van der Waals surface area contributed by atoms with E-state index in [4.69, 9.17) is 0 Å². The van der Waals surface area contributed by atoms with Gasteiger partial charge in [0.05, 0.1) is 0 Å². The Morgan fingerprint density at radius 2 is 1.00 bits per heavy atom. The van der Waals surface area contributed by atoms with Crippen molar-refractivity contribution >= 4 is 0 Å². The molecule has 0 aromatic heterocycles. The third-order valence-corrected chi connectivity index (χ3v) is 0. The molecule has 33 valence electrons. The summed E-state index contributed by atoms with van der Waals surface area (Å²) >= 11 is 1.55. The molecule has 0 N–H and O–H groups in total. The van der Waals surface area contributed by atoms with Gasteiger partial charge in [0.1, 0.15) is 0 Å². The molecule has 0 bridgehead atoms. The molecule has 0 rings (SSSR count). The minimum absolute atomic E-state index is 0. The molecular weight excluding hydrogens is 186 g/mol. The van der Waals surface area contributed by atoms with Crippen LogP contribution < -0.4 is 24.8 Å². The Morgan fingerprint density at radius 1 is 1.00 bits per heavy atom. The van der Waals surface area contributed by atoms with Crippen molar-refractivity contribution in [1.82, 2.24) is 0 Å². The van der Waals surface area contributed by atoms with E-state index in [0.717, 1.165) is 0 Å². The maximum atomic E-state index is 2.09. The summed E-state index contributed by atoms with van der Waals surface area (Å²) in [6, 6.07) is 0. The van der Waals surface area contributed by atoms with Gasteiger partial charge in [0, 0.05) is 0 Å². The quantitative estimate of drug-likeness (QED) is 0.362. The van der Waals surface area contributed by atoms with Crippen LogP contribution in [0.2, 0.25) is 4.63 Å². The minimum atomic E-state index is 0. The number of hydrogen-bond acceptors (Lipinski definition) is 0. The Kier molecular flexibility index (Phi) is 323. The predicted molar refractivity (Wildman–Crippen MR) is 12.6 cm³/mol. The van der Waals surface area contributed by atoms with Crippen molar-refractivity contribution in [2.24, 2.45) is 0 Å². The van der Waals surface area contributed by atoms with Crippen molar-refractivity contribution in [3.63, 3.8) is 0 Å². The zero-order chi connectivity index (χ0) is 2.00. The Labute approximate surface area is 61.4 Å². The second-order valence-electron chi connectivity index (χ2n) is 0. The molecule has 0 aromatic carbocycles. The first kappa shape index (κ1) is 31.8. The van der Waals surface area contributed by atoms with Gasteiger partial charge in [-0.2, -0.15) is 0 Å². The van der Waals surface area contributed by atoms with Crippen LogP contribution in [0.5, 0.6) is 0 Å². The molecule has 0 spiro atoms. The summed E-state index contributed by atoms with van der Waals surface area (Å²) in [5, 5.41) is 0. The van der Waals surface area contributed by atoms with E-state index in [2.05, 4.69) is 4.63 Å². The van der Waals surface area contributed by atoms with Crippen molar-refractivity contribution in [2.75, 3.05) is 0 Å². The Hall–Kier alpha value is 1.46. The topological polar surface area (TPSA) is 0 Å². The van der Waals surface area contributed by atoms with Gasteiger partial charge in [-0.05, 0) is 0 Å². The van der Waals surface area contributed by atoms with Crippen molar-refractivity contribution in [3.05, 3.63) is 0 Å². The molecule has 0 aliphatic heterocycles. The van der Waals surface area contributed by atoms with Gasteiger partial charge in [0.2, 0.25) is 0 Å². The van der Waals surface area contributed by atoms with Gasteiger partial charge in [0.25, 0.3) is 0 Å². The monoisotopic (exact) mass is 191 g/mol. The average molecular weight is 193 g/mol. The fourth-order valence-corrected chi connectivity index (χ4v) is 0. The molecular formula is C2H7Cl2Zr. The number of rotatable bonds is 0. The van der Waals surface area contributed by atoms with Gasteiger partial charge < -0.3 is 24.8 Å². The standard InChI is InChI=1S/CH4.CH3.2ClH.Zr/h1H4;1H3;2*1H;/q;;;;+2/p-2. The third kappa shape index (κ3) is 30.6. The maximum absolute atomic E-state index is 2.09. The van der Waals surface area contributed by atoms with Crippen LogP contribution in [0, 0.1) is 0 Å².